The van der Waals surface area contributed by atoms with Gasteiger partial charge in [0, 0.05) is 56.1 Å². The Bertz CT molecular complexity index is 1070. The van der Waals surface area contributed by atoms with Gasteiger partial charge in [-0.2, -0.15) is 15.1 Å². The predicted molar refractivity (Wildman–Crippen MR) is 117 cm³/mol. The number of benzene rings is 1. The molecule has 1 aliphatic heterocycles. The predicted octanol–water partition coefficient (Wildman–Crippen LogP) is 3.32. The minimum absolute atomic E-state index is 0.259. The van der Waals surface area contributed by atoms with Gasteiger partial charge in [0.1, 0.15) is 22.6 Å². The van der Waals surface area contributed by atoms with E-state index in [1.165, 1.54) is 18.2 Å². The molecule has 0 amide bonds. The van der Waals surface area contributed by atoms with Crippen LogP contribution in [0.4, 0.5) is 20.3 Å². The first-order valence-electron chi connectivity index (χ1n) is 9.84. The highest BCUT2D eigenvalue weighted by molar-refractivity contribution is 6.29. The van der Waals surface area contributed by atoms with Gasteiger partial charge < -0.3 is 10.6 Å². The van der Waals surface area contributed by atoms with Gasteiger partial charge in [-0.05, 0) is 19.1 Å². The zero-order chi connectivity index (χ0) is 22.0. The third-order valence-corrected chi connectivity index (χ3v) is 5.38. The number of aromatic nitrogens is 4. The minimum Gasteiger partial charge on any atom is -0.383 e. The van der Waals surface area contributed by atoms with Crippen LogP contribution < -0.4 is 10.6 Å². The molecule has 0 atom stereocenters. The summed E-state index contributed by atoms with van der Waals surface area (Å²) in [5, 5.41) is 4.59. The Morgan fingerprint density at radius 2 is 1.77 bits per heavy atom. The largest absolute Gasteiger partial charge is 0.383 e. The second kappa shape index (κ2) is 8.99. The van der Waals surface area contributed by atoms with Gasteiger partial charge in [-0.25, -0.2) is 13.5 Å². The van der Waals surface area contributed by atoms with E-state index in [1.54, 1.807) is 10.9 Å². The molecular formula is C21H22ClF2N7. The van der Waals surface area contributed by atoms with Crippen LogP contribution in [0.1, 0.15) is 11.3 Å². The fourth-order valence-electron chi connectivity index (χ4n) is 3.54. The van der Waals surface area contributed by atoms with Crippen LogP contribution in [0, 0.1) is 18.6 Å². The van der Waals surface area contributed by atoms with Gasteiger partial charge in [-0.3, -0.25) is 4.90 Å². The molecular weight excluding hydrogens is 424 g/mol. The molecule has 7 nitrogen and oxygen atoms in total. The van der Waals surface area contributed by atoms with Crippen LogP contribution in [0.15, 0.2) is 36.5 Å². The summed E-state index contributed by atoms with van der Waals surface area (Å²) in [6.45, 7) is 5.70. The Balaban J connectivity index is 1.35. The molecule has 0 bridgehead atoms. The number of hydrogen-bond acceptors (Lipinski definition) is 6. The quantitative estimate of drug-likeness (QED) is 0.607. The summed E-state index contributed by atoms with van der Waals surface area (Å²) in [7, 11) is 0. The molecule has 0 spiro atoms. The number of piperazine rings is 1. The zero-order valence-corrected chi connectivity index (χ0v) is 17.7. The first kappa shape index (κ1) is 21.2. The molecule has 1 fully saturated rings. The van der Waals surface area contributed by atoms with Gasteiger partial charge >= 0.3 is 0 Å². The average molecular weight is 446 g/mol. The van der Waals surface area contributed by atoms with E-state index in [4.69, 9.17) is 17.3 Å². The van der Waals surface area contributed by atoms with Crippen molar-refractivity contribution >= 4 is 29.2 Å². The monoisotopic (exact) mass is 445 g/mol. The number of rotatable bonds is 5. The maximum absolute atomic E-state index is 13.5. The molecule has 1 aliphatic rings. The molecule has 1 aromatic carbocycles. The maximum Gasteiger partial charge on any atom is 0.254 e. The summed E-state index contributed by atoms with van der Waals surface area (Å²) < 4.78 is 28.5. The Hall–Kier alpha value is -3.04. The number of hydrogen-bond donors (Lipinski definition) is 1. The Kier molecular flexibility index (Phi) is 6.15. The van der Waals surface area contributed by atoms with E-state index in [2.05, 4.69) is 26.0 Å². The molecule has 31 heavy (non-hydrogen) atoms. The second-order valence-electron chi connectivity index (χ2n) is 7.33. The lowest BCUT2D eigenvalue weighted by molar-refractivity contribution is 0.284. The van der Waals surface area contributed by atoms with Crippen molar-refractivity contribution in [3.05, 3.63) is 64.6 Å². The van der Waals surface area contributed by atoms with E-state index in [0.29, 0.717) is 24.7 Å². The third-order valence-electron chi connectivity index (χ3n) is 5.19. The van der Waals surface area contributed by atoms with E-state index < -0.39 is 11.6 Å². The minimum atomic E-state index is -0.554. The van der Waals surface area contributed by atoms with Crippen LogP contribution in [0.5, 0.6) is 0 Å². The lowest BCUT2D eigenvalue weighted by atomic mass is 10.2. The van der Waals surface area contributed by atoms with Crippen LogP contribution in [0.25, 0.3) is 12.0 Å². The molecule has 4 rings (SSSR count). The molecule has 2 N–H and O–H groups in total. The van der Waals surface area contributed by atoms with Crippen molar-refractivity contribution in [3.63, 3.8) is 0 Å². The smallest absolute Gasteiger partial charge is 0.254 e. The number of anilines is 2. The molecule has 162 valence electrons. The van der Waals surface area contributed by atoms with Crippen molar-refractivity contribution in [1.29, 1.82) is 0 Å². The fourth-order valence-corrected chi connectivity index (χ4v) is 3.73. The molecule has 10 heteroatoms. The molecule has 3 heterocycles. The summed E-state index contributed by atoms with van der Waals surface area (Å²) in [6.07, 6.45) is 5.81. The molecule has 3 aromatic rings. The van der Waals surface area contributed by atoms with Crippen molar-refractivity contribution in [2.75, 3.05) is 43.4 Å². The highest BCUT2D eigenvalue weighted by Gasteiger charge is 2.17. The standard InChI is InChI=1S/C21H22ClF2N7/c1-14-15(13-26-31(14)21-27-19(22)12-20(25)28-21)3-2-4-29-5-7-30(8-6-29)18-10-16(23)9-17(24)11-18/h2-3,9-13H,4-8H2,1H3,(H2,25,27,28)/b3-2+. The summed E-state index contributed by atoms with van der Waals surface area (Å²) in [6, 6.07) is 5.12. The molecule has 0 aliphatic carbocycles. The van der Waals surface area contributed by atoms with Crippen LogP contribution in [-0.4, -0.2) is 57.4 Å². The Morgan fingerprint density at radius 1 is 1.06 bits per heavy atom. The van der Waals surface area contributed by atoms with Crippen molar-refractivity contribution in [2.45, 2.75) is 6.92 Å². The van der Waals surface area contributed by atoms with Crippen molar-refractivity contribution in [2.24, 2.45) is 0 Å². The third kappa shape index (κ3) is 5.00. The van der Waals surface area contributed by atoms with Gasteiger partial charge in [0.05, 0.1) is 11.9 Å². The van der Waals surface area contributed by atoms with E-state index in [-0.39, 0.29) is 11.0 Å². The first-order chi connectivity index (χ1) is 14.9. The molecule has 1 saturated heterocycles. The fraction of sp³-hybridized carbons (Fsp3) is 0.286. The topological polar surface area (TPSA) is 76.1 Å². The summed E-state index contributed by atoms with van der Waals surface area (Å²) in [5.74, 6) is -0.501. The van der Waals surface area contributed by atoms with E-state index >= 15 is 0 Å². The number of nitrogen functional groups attached to an aromatic ring is 1. The van der Waals surface area contributed by atoms with Gasteiger partial charge in [0.15, 0.2) is 0 Å². The van der Waals surface area contributed by atoms with Gasteiger partial charge in [-0.1, -0.05) is 23.8 Å². The van der Waals surface area contributed by atoms with Crippen LogP contribution >= 0.6 is 11.6 Å². The van der Waals surface area contributed by atoms with Gasteiger partial charge in [-0.15, -0.1) is 0 Å². The van der Waals surface area contributed by atoms with Crippen LogP contribution in [0.3, 0.4) is 0 Å². The molecule has 2 aromatic heterocycles. The summed E-state index contributed by atoms with van der Waals surface area (Å²) >= 11 is 5.96. The Morgan fingerprint density at radius 3 is 2.45 bits per heavy atom. The highest BCUT2D eigenvalue weighted by Crippen LogP contribution is 2.20. The van der Waals surface area contributed by atoms with Gasteiger partial charge in [0.25, 0.3) is 5.95 Å². The SMILES string of the molecule is Cc1c(/C=C/CN2CCN(c3cc(F)cc(F)c3)CC2)cnn1-c1nc(N)cc(Cl)n1. The molecule has 0 saturated carbocycles. The van der Waals surface area contributed by atoms with E-state index in [1.807, 2.05) is 17.9 Å². The van der Waals surface area contributed by atoms with Gasteiger partial charge in [0.2, 0.25) is 0 Å². The number of halogens is 3. The molecule has 0 unspecified atom stereocenters. The summed E-state index contributed by atoms with van der Waals surface area (Å²) in [5.41, 5.74) is 8.14. The maximum atomic E-state index is 13.5. The molecule has 0 radical (unpaired) electrons. The van der Waals surface area contributed by atoms with E-state index in [9.17, 15) is 8.78 Å². The lowest BCUT2D eigenvalue weighted by Crippen LogP contribution is -2.46. The van der Waals surface area contributed by atoms with Crippen LogP contribution in [0.2, 0.25) is 5.15 Å². The van der Waals surface area contributed by atoms with Crippen molar-refractivity contribution in [1.82, 2.24) is 24.6 Å². The lowest BCUT2D eigenvalue weighted by Gasteiger charge is -2.35. The van der Waals surface area contributed by atoms with Crippen LogP contribution in [-0.2, 0) is 0 Å². The normalized spacial score (nSPS) is 15.2. The number of nitrogens with zero attached hydrogens (tertiary/aromatic N) is 6. The highest BCUT2D eigenvalue weighted by atomic mass is 35.5. The zero-order valence-electron chi connectivity index (χ0n) is 17.0. The van der Waals surface area contributed by atoms with E-state index in [0.717, 1.165) is 37.0 Å². The second-order valence-corrected chi connectivity index (χ2v) is 7.72. The first-order valence-corrected chi connectivity index (χ1v) is 10.2. The van der Waals surface area contributed by atoms with Crippen molar-refractivity contribution in [3.8, 4) is 5.95 Å². The Labute approximate surface area is 183 Å². The number of nitrogens with two attached hydrogens (primary N) is 1. The average Bonchev–Trinajstić information content (AvgIpc) is 3.07. The van der Waals surface area contributed by atoms with Crippen molar-refractivity contribution < 1.29 is 8.78 Å². The summed E-state index contributed by atoms with van der Waals surface area (Å²) in [4.78, 5) is 12.6.